The minimum absolute atomic E-state index is 0.151. The van der Waals surface area contributed by atoms with Crippen LogP contribution in [0.3, 0.4) is 0 Å². The smallest absolute Gasteiger partial charge is 0.254 e. The maximum Gasteiger partial charge on any atom is 0.254 e. The molecular weight excluding hydrogens is 385 g/mol. The molecule has 0 radical (unpaired) electrons. The fourth-order valence-electron chi connectivity index (χ4n) is 3.33. The summed E-state index contributed by atoms with van der Waals surface area (Å²) in [5.74, 6) is 0.912. The van der Waals surface area contributed by atoms with Gasteiger partial charge in [-0.25, -0.2) is 14.4 Å². The fraction of sp³-hybridized carbons (Fsp3) is 0.318. The first-order valence-corrected chi connectivity index (χ1v) is 9.90. The molecule has 0 saturated carbocycles. The van der Waals surface area contributed by atoms with E-state index in [0.29, 0.717) is 61.4 Å². The number of rotatable bonds is 5. The highest BCUT2D eigenvalue weighted by Crippen LogP contribution is 2.22. The van der Waals surface area contributed by atoms with E-state index in [2.05, 4.69) is 20.3 Å². The van der Waals surface area contributed by atoms with E-state index in [1.165, 1.54) is 0 Å². The summed E-state index contributed by atoms with van der Waals surface area (Å²) in [4.78, 5) is 25.5. The molecule has 1 aliphatic heterocycles. The number of halogens is 1. The van der Waals surface area contributed by atoms with E-state index in [-0.39, 0.29) is 11.4 Å². The van der Waals surface area contributed by atoms with Gasteiger partial charge in [0.05, 0.1) is 18.9 Å². The predicted molar refractivity (Wildman–Crippen MR) is 114 cm³/mol. The van der Waals surface area contributed by atoms with Crippen LogP contribution in [0.4, 0.5) is 15.9 Å². The second kappa shape index (κ2) is 8.62. The number of anilines is 2. The summed E-state index contributed by atoms with van der Waals surface area (Å²) in [6, 6.07) is 8.93. The summed E-state index contributed by atoms with van der Waals surface area (Å²) in [5, 5.41) is 3.19. The van der Waals surface area contributed by atoms with Crippen LogP contribution in [0, 0.1) is 19.7 Å². The van der Waals surface area contributed by atoms with E-state index >= 15 is 0 Å². The Labute approximate surface area is 174 Å². The maximum atomic E-state index is 14.5. The normalized spacial score (nSPS) is 14.0. The van der Waals surface area contributed by atoms with E-state index in [0.717, 1.165) is 11.1 Å². The number of nitrogens with zero attached hydrogens (tertiary/aromatic N) is 3. The second-order valence-corrected chi connectivity index (χ2v) is 7.30. The second-order valence-electron chi connectivity index (χ2n) is 7.30. The van der Waals surface area contributed by atoms with Gasteiger partial charge in [-0.3, -0.25) is 4.79 Å². The summed E-state index contributed by atoms with van der Waals surface area (Å²) in [7, 11) is 0. The van der Waals surface area contributed by atoms with E-state index in [1.807, 2.05) is 29.2 Å². The topological polar surface area (TPSA) is 83.1 Å². The van der Waals surface area contributed by atoms with Crippen LogP contribution in [-0.2, 0) is 11.3 Å². The number of hydrogen-bond donors (Lipinski definition) is 2. The van der Waals surface area contributed by atoms with Gasteiger partial charge in [-0.15, -0.1) is 0 Å². The van der Waals surface area contributed by atoms with Gasteiger partial charge in [0.15, 0.2) is 0 Å². The van der Waals surface area contributed by atoms with Crippen LogP contribution in [0.15, 0.2) is 41.3 Å². The molecule has 0 unspecified atom stereocenters. The number of H-pyrrole nitrogens is 1. The average Bonchev–Trinajstić information content (AvgIpc) is 2.77. The van der Waals surface area contributed by atoms with Crippen molar-refractivity contribution >= 4 is 11.5 Å². The van der Waals surface area contributed by atoms with E-state index < -0.39 is 0 Å². The zero-order valence-corrected chi connectivity index (χ0v) is 17.0. The largest absolute Gasteiger partial charge is 0.378 e. The number of morpholine rings is 1. The van der Waals surface area contributed by atoms with Crippen molar-refractivity contribution in [3.8, 4) is 11.4 Å². The van der Waals surface area contributed by atoms with Gasteiger partial charge in [0.2, 0.25) is 0 Å². The van der Waals surface area contributed by atoms with Gasteiger partial charge in [-0.05, 0) is 43.7 Å². The van der Waals surface area contributed by atoms with Crippen LogP contribution in [0.1, 0.15) is 16.8 Å². The first-order valence-electron chi connectivity index (χ1n) is 9.90. The minimum Gasteiger partial charge on any atom is -0.378 e. The molecule has 4 rings (SSSR count). The number of aromatic amines is 1. The molecule has 1 aromatic carbocycles. The van der Waals surface area contributed by atoms with Crippen LogP contribution in [0.5, 0.6) is 0 Å². The molecule has 2 N–H and O–H groups in total. The highest BCUT2D eigenvalue weighted by molar-refractivity contribution is 5.56. The van der Waals surface area contributed by atoms with Gasteiger partial charge in [-0.1, -0.05) is 6.07 Å². The number of ether oxygens (including phenoxy) is 1. The molecule has 0 aliphatic carbocycles. The lowest BCUT2D eigenvalue weighted by atomic mass is 10.1. The number of nitrogens with one attached hydrogen (secondary N) is 2. The number of benzene rings is 1. The van der Waals surface area contributed by atoms with Crippen LogP contribution < -0.4 is 15.8 Å². The van der Waals surface area contributed by atoms with E-state index in [4.69, 9.17) is 4.74 Å². The summed E-state index contributed by atoms with van der Waals surface area (Å²) >= 11 is 0. The Morgan fingerprint density at radius 2 is 2.00 bits per heavy atom. The molecule has 3 heterocycles. The molecule has 3 aromatic rings. The summed E-state index contributed by atoms with van der Waals surface area (Å²) in [5.41, 5.74) is 3.31. The molecule has 1 fully saturated rings. The van der Waals surface area contributed by atoms with Crippen molar-refractivity contribution in [3.63, 3.8) is 0 Å². The van der Waals surface area contributed by atoms with Crippen LogP contribution in [0.25, 0.3) is 11.4 Å². The number of pyridine rings is 1. The third-order valence-corrected chi connectivity index (χ3v) is 5.27. The lowest BCUT2D eigenvalue weighted by molar-refractivity contribution is 0.122. The first-order chi connectivity index (χ1) is 14.5. The van der Waals surface area contributed by atoms with E-state index in [1.54, 1.807) is 26.1 Å². The van der Waals surface area contributed by atoms with Gasteiger partial charge in [0.25, 0.3) is 5.56 Å². The molecule has 2 aromatic heterocycles. The van der Waals surface area contributed by atoms with Crippen LogP contribution in [0.2, 0.25) is 0 Å². The zero-order chi connectivity index (χ0) is 21.1. The minimum atomic E-state index is -0.232. The SMILES string of the molecule is Cc1nc(-c2ccc(NCc3ccc(N4CCOCC4)c(F)c3)nc2)[nH]c(=O)c1C. The standard InChI is InChI=1S/C22H24FN5O2/c1-14-15(2)26-21(27-22(14)29)17-4-6-20(25-13-17)24-12-16-3-5-19(18(23)11-16)28-7-9-30-10-8-28/h3-6,11,13H,7-10,12H2,1-2H3,(H,24,25)(H,26,27,29). The number of aromatic nitrogens is 3. The molecule has 0 amide bonds. The van der Waals surface area contributed by atoms with Crippen molar-refractivity contribution in [2.75, 3.05) is 36.5 Å². The molecule has 1 saturated heterocycles. The average molecular weight is 409 g/mol. The molecule has 156 valence electrons. The summed E-state index contributed by atoms with van der Waals surface area (Å²) < 4.78 is 19.9. The maximum absolute atomic E-state index is 14.5. The molecule has 7 nitrogen and oxygen atoms in total. The lowest BCUT2D eigenvalue weighted by Crippen LogP contribution is -2.36. The summed E-state index contributed by atoms with van der Waals surface area (Å²) in [6.45, 7) is 6.64. The highest BCUT2D eigenvalue weighted by Gasteiger charge is 2.15. The molecule has 0 spiro atoms. The fourth-order valence-corrected chi connectivity index (χ4v) is 3.33. The van der Waals surface area contributed by atoms with Crippen LogP contribution in [-0.4, -0.2) is 41.3 Å². The molecule has 8 heteroatoms. The Morgan fingerprint density at radius 3 is 2.67 bits per heavy atom. The quantitative estimate of drug-likeness (QED) is 0.674. The lowest BCUT2D eigenvalue weighted by Gasteiger charge is -2.29. The van der Waals surface area contributed by atoms with Gasteiger partial charge >= 0.3 is 0 Å². The predicted octanol–water partition coefficient (Wildman–Crippen LogP) is 3.04. The summed E-state index contributed by atoms with van der Waals surface area (Å²) in [6.07, 6.45) is 1.65. The Kier molecular flexibility index (Phi) is 5.76. The Balaban J connectivity index is 1.42. The molecule has 30 heavy (non-hydrogen) atoms. The Bertz CT molecular complexity index is 1090. The first kappa shape index (κ1) is 20.0. The number of hydrogen-bond acceptors (Lipinski definition) is 6. The van der Waals surface area contributed by atoms with Gasteiger partial charge in [0.1, 0.15) is 17.5 Å². The molecular formula is C22H24FN5O2. The Hall–Kier alpha value is -3.26. The van der Waals surface area contributed by atoms with Crippen molar-refractivity contribution in [2.24, 2.45) is 0 Å². The van der Waals surface area contributed by atoms with Crippen LogP contribution >= 0.6 is 0 Å². The van der Waals surface area contributed by atoms with Crippen molar-refractivity contribution in [1.82, 2.24) is 15.0 Å². The number of aryl methyl sites for hydroxylation is 1. The van der Waals surface area contributed by atoms with Crippen molar-refractivity contribution in [1.29, 1.82) is 0 Å². The van der Waals surface area contributed by atoms with E-state index in [9.17, 15) is 9.18 Å². The zero-order valence-electron chi connectivity index (χ0n) is 17.0. The third kappa shape index (κ3) is 4.33. The van der Waals surface area contributed by atoms with Gasteiger partial charge < -0.3 is 19.9 Å². The molecule has 1 aliphatic rings. The van der Waals surface area contributed by atoms with Gasteiger partial charge in [-0.2, -0.15) is 0 Å². The van der Waals surface area contributed by atoms with Crippen molar-refractivity contribution < 1.29 is 9.13 Å². The third-order valence-electron chi connectivity index (χ3n) is 5.27. The van der Waals surface area contributed by atoms with Gasteiger partial charge in [0, 0.05) is 42.7 Å². The Morgan fingerprint density at radius 1 is 1.20 bits per heavy atom. The monoisotopic (exact) mass is 409 g/mol. The van der Waals surface area contributed by atoms with Crippen molar-refractivity contribution in [2.45, 2.75) is 20.4 Å². The molecule has 0 bridgehead atoms. The molecule has 0 atom stereocenters. The van der Waals surface area contributed by atoms with Crippen molar-refractivity contribution in [3.05, 3.63) is 69.5 Å². The highest BCUT2D eigenvalue weighted by atomic mass is 19.1.